The van der Waals surface area contributed by atoms with Crippen LogP contribution in [0.2, 0.25) is 0 Å². The largest absolute Gasteiger partial charge is 0.385 e. The van der Waals surface area contributed by atoms with Crippen LogP contribution in [0.1, 0.15) is 31.2 Å². The molecule has 0 saturated heterocycles. The highest BCUT2D eigenvalue weighted by Gasteiger charge is 2.44. The predicted molar refractivity (Wildman–Crippen MR) is 69.7 cm³/mol. The van der Waals surface area contributed by atoms with Crippen LogP contribution in [-0.4, -0.2) is 13.1 Å². The molecule has 0 radical (unpaired) electrons. The molecule has 1 fully saturated rings. The fourth-order valence-corrected chi connectivity index (χ4v) is 2.00. The average molecular weight is 229 g/mol. The summed E-state index contributed by atoms with van der Waals surface area (Å²) in [7, 11) is 0. The van der Waals surface area contributed by atoms with Gasteiger partial charge in [-0.1, -0.05) is 12.1 Å². The van der Waals surface area contributed by atoms with E-state index >= 15 is 0 Å². The number of nitrogens with two attached hydrogens (primary N) is 1. The summed E-state index contributed by atoms with van der Waals surface area (Å²) in [5.41, 5.74) is 7.56. The summed E-state index contributed by atoms with van der Waals surface area (Å²) < 4.78 is 0. The highest BCUT2D eigenvalue weighted by Crippen LogP contribution is 2.47. The van der Waals surface area contributed by atoms with Crippen LogP contribution >= 0.6 is 0 Å². The van der Waals surface area contributed by atoms with Crippen LogP contribution in [0.3, 0.4) is 0 Å². The maximum Gasteiger partial charge on any atom is 0.0823 e. The lowest BCUT2D eigenvalue weighted by Crippen LogP contribution is -2.06. The number of hydrogen-bond acceptors (Lipinski definition) is 3. The maximum absolute atomic E-state index is 9.10. The molecule has 1 aromatic rings. The van der Waals surface area contributed by atoms with Crippen molar-refractivity contribution in [2.24, 2.45) is 5.73 Å². The number of unbranched alkanes of at least 4 members (excludes halogenated alkanes) is 1. The van der Waals surface area contributed by atoms with E-state index in [1.807, 2.05) is 0 Å². The van der Waals surface area contributed by atoms with Gasteiger partial charge < -0.3 is 11.1 Å². The Bertz CT molecular complexity index is 398. The second kappa shape index (κ2) is 5.20. The van der Waals surface area contributed by atoms with E-state index in [0.717, 1.165) is 50.0 Å². The molecule has 17 heavy (non-hydrogen) atoms. The molecule has 0 spiro atoms. The standard InChI is InChI=1S/C14H19N3/c15-9-1-2-10-17-13-5-3-12(4-6-13)14(11-16)7-8-14/h3-6,17H,1-2,7-10,15H2. The maximum atomic E-state index is 9.10. The first-order valence-corrected chi connectivity index (χ1v) is 6.26. The van der Waals surface area contributed by atoms with E-state index in [-0.39, 0.29) is 5.41 Å². The van der Waals surface area contributed by atoms with Crippen molar-refractivity contribution in [2.75, 3.05) is 18.4 Å². The number of benzene rings is 1. The summed E-state index contributed by atoms with van der Waals surface area (Å²) in [6, 6.07) is 10.7. The number of nitrogens with zero attached hydrogens (tertiary/aromatic N) is 1. The lowest BCUT2D eigenvalue weighted by Gasteiger charge is -2.09. The Kier molecular flexibility index (Phi) is 3.65. The van der Waals surface area contributed by atoms with Gasteiger partial charge in [0.2, 0.25) is 0 Å². The summed E-state index contributed by atoms with van der Waals surface area (Å²) in [4.78, 5) is 0. The molecule has 0 heterocycles. The normalized spacial score (nSPS) is 16.2. The Labute approximate surface area is 103 Å². The van der Waals surface area contributed by atoms with Gasteiger partial charge in [-0.2, -0.15) is 5.26 Å². The molecule has 0 amide bonds. The van der Waals surface area contributed by atoms with Crippen molar-refractivity contribution in [1.29, 1.82) is 5.26 Å². The Morgan fingerprint density at radius 3 is 2.47 bits per heavy atom. The molecule has 0 unspecified atom stereocenters. The molecule has 1 aromatic carbocycles. The molecule has 0 aliphatic heterocycles. The molecule has 0 bridgehead atoms. The van der Waals surface area contributed by atoms with Crippen LogP contribution in [0.5, 0.6) is 0 Å². The van der Waals surface area contributed by atoms with E-state index in [9.17, 15) is 0 Å². The van der Waals surface area contributed by atoms with E-state index in [2.05, 4.69) is 35.7 Å². The molecular formula is C14H19N3. The predicted octanol–water partition coefficient (Wildman–Crippen LogP) is 2.39. The van der Waals surface area contributed by atoms with Crippen molar-refractivity contribution in [3.05, 3.63) is 29.8 Å². The summed E-state index contributed by atoms with van der Waals surface area (Å²) in [5, 5.41) is 12.5. The van der Waals surface area contributed by atoms with Gasteiger partial charge in [-0.05, 0) is 49.9 Å². The average Bonchev–Trinajstić information content (AvgIpc) is 3.16. The molecule has 3 heteroatoms. The zero-order chi connectivity index (χ0) is 12.1. The van der Waals surface area contributed by atoms with Crippen LogP contribution < -0.4 is 11.1 Å². The number of anilines is 1. The monoisotopic (exact) mass is 229 g/mol. The minimum atomic E-state index is -0.169. The van der Waals surface area contributed by atoms with Crippen LogP contribution in [0.25, 0.3) is 0 Å². The van der Waals surface area contributed by atoms with Crippen LogP contribution in [0, 0.1) is 11.3 Å². The molecule has 0 atom stereocenters. The summed E-state index contributed by atoms with van der Waals surface area (Å²) in [6.07, 6.45) is 4.17. The molecule has 90 valence electrons. The molecule has 2 rings (SSSR count). The third-order valence-electron chi connectivity index (χ3n) is 3.36. The molecule has 1 saturated carbocycles. The van der Waals surface area contributed by atoms with E-state index in [1.165, 1.54) is 0 Å². The van der Waals surface area contributed by atoms with Gasteiger partial charge in [0, 0.05) is 12.2 Å². The zero-order valence-corrected chi connectivity index (χ0v) is 10.1. The van der Waals surface area contributed by atoms with Crippen molar-refractivity contribution in [3.63, 3.8) is 0 Å². The molecule has 3 N–H and O–H groups in total. The van der Waals surface area contributed by atoms with Gasteiger partial charge in [-0.15, -0.1) is 0 Å². The van der Waals surface area contributed by atoms with E-state index in [0.29, 0.717) is 0 Å². The highest BCUT2D eigenvalue weighted by molar-refractivity contribution is 5.49. The van der Waals surface area contributed by atoms with Crippen molar-refractivity contribution >= 4 is 5.69 Å². The minimum Gasteiger partial charge on any atom is -0.385 e. The summed E-state index contributed by atoms with van der Waals surface area (Å²) in [5.74, 6) is 0. The fraction of sp³-hybridized carbons (Fsp3) is 0.500. The number of nitrogens with one attached hydrogen (secondary N) is 1. The fourth-order valence-electron chi connectivity index (χ4n) is 2.00. The van der Waals surface area contributed by atoms with Crippen LogP contribution in [0.15, 0.2) is 24.3 Å². The Balaban J connectivity index is 1.88. The van der Waals surface area contributed by atoms with E-state index < -0.39 is 0 Å². The van der Waals surface area contributed by atoms with E-state index in [1.54, 1.807) is 0 Å². The van der Waals surface area contributed by atoms with Crippen molar-refractivity contribution < 1.29 is 0 Å². The van der Waals surface area contributed by atoms with Gasteiger partial charge in [0.25, 0.3) is 0 Å². The van der Waals surface area contributed by atoms with Gasteiger partial charge in [0.1, 0.15) is 0 Å². The number of hydrogen-bond donors (Lipinski definition) is 2. The SMILES string of the molecule is N#CC1(c2ccc(NCCCCN)cc2)CC1. The topological polar surface area (TPSA) is 61.8 Å². The first-order chi connectivity index (χ1) is 8.30. The molecular weight excluding hydrogens is 210 g/mol. The lowest BCUT2D eigenvalue weighted by molar-refractivity contribution is 0.774. The minimum absolute atomic E-state index is 0.169. The first kappa shape index (κ1) is 11.9. The Hall–Kier alpha value is -1.53. The Morgan fingerprint density at radius 1 is 1.24 bits per heavy atom. The molecule has 3 nitrogen and oxygen atoms in total. The number of rotatable bonds is 6. The highest BCUT2D eigenvalue weighted by atomic mass is 14.9. The lowest BCUT2D eigenvalue weighted by atomic mass is 9.98. The van der Waals surface area contributed by atoms with Crippen molar-refractivity contribution in [1.82, 2.24) is 0 Å². The van der Waals surface area contributed by atoms with Crippen molar-refractivity contribution in [2.45, 2.75) is 31.1 Å². The van der Waals surface area contributed by atoms with Crippen LogP contribution in [-0.2, 0) is 5.41 Å². The Morgan fingerprint density at radius 2 is 1.94 bits per heavy atom. The smallest absolute Gasteiger partial charge is 0.0823 e. The van der Waals surface area contributed by atoms with Crippen molar-refractivity contribution in [3.8, 4) is 6.07 Å². The van der Waals surface area contributed by atoms with Gasteiger partial charge >= 0.3 is 0 Å². The van der Waals surface area contributed by atoms with E-state index in [4.69, 9.17) is 11.0 Å². The quantitative estimate of drug-likeness (QED) is 0.736. The second-order valence-corrected chi connectivity index (χ2v) is 4.69. The van der Waals surface area contributed by atoms with Gasteiger partial charge in [0.05, 0.1) is 11.5 Å². The second-order valence-electron chi connectivity index (χ2n) is 4.69. The summed E-state index contributed by atoms with van der Waals surface area (Å²) >= 11 is 0. The molecule has 0 aromatic heterocycles. The third-order valence-corrected chi connectivity index (χ3v) is 3.36. The van der Waals surface area contributed by atoms with Gasteiger partial charge in [0.15, 0.2) is 0 Å². The zero-order valence-electron chi connectivity index (χ0n) is 10.1. The first-order valence-electron chi connectivity index (χ1n) is 6.26. The van der Waals surface area contributed by atoms with Crippen LogP contribution in [0.4, 0.5) is 5.69 Å². The van der Waals surface area contributed by atoms with Gasteiger partial charge in [-0.25, -0.2) is 0 Å². The van der Waals surface area contributed by atoms with Gasteiger partial charge in [-0.3, -0.25) is 0 Å². The summed E-state index contributed by atoms with van der Waals surface area (Å²) in [6.45, 7) is 1.71. The number of nitriles is 1. The molecule has 1 aliphatic carbocycles. The third kappa shape index (κ3) is 2.78. The molecule has 1 aliphatic rings.